The molecule has 140 valence electrons. The fourth-order valence-corrected chi connectivity index (χ4v) is 2.91. The van der Waals surface area contributed by atoms with Crippen LogP contribution in [0.15, 0.2) is 24.3 Å². The van der Waals surface area contributed by atoms with E-state index in [1.807, 2.05) is 23.1 Å². The van der Waals surface area contributed by atoms with E-state index in [0.717, 1.165) is 32.1 Å². The molecule has 0 aromatic heterocycles. The van der Waals surface area contributed by atoms with Crippen molar-refractivity contribution >= 4 is 17.7 Å². The SMILES string of the molecule is CCCCCC(=O)C=CC1CCCC(=O)N1C/C=C\CCCC(=O)O. The Morgan fingerprint density at radius 1 is 1.20 bits per heavy atom. The predicted molar refractivity (Wildman–Crippen MR) is 98.3 cm³/mol. The number of allylic oxidation sites excluding steroid dienone is 2. The molecule has 0 aromatic rings. The van der Waals surface area contributed by atoms with Gasteiger partial charge in [0.15, 0.2) is 5.78 Å². The number of unbranched alkanes of at least 4 members (excludes halogenated alkanes) is 3. The molecule has 1 fully saturated rings. The lowest BCUT2D eigenvalue weighted by molar-refractivity contribution is -0.137. The van der Waals surface area contributed by atoms with Gasteiger partial charge in [0.1, 0.15) is 0 Å². The molecule has 1 saturated heterocycles. The molecule has 0 aromatic carbocycles. The lowest BCUT2D eigenvalue weighted by Gasteiger charge is -2.33. The molecule has 1 amide bonds. The van der Waals surface area contributed by atoms with E-state index in [9.17, 15) is 14.4 Å². The van der Waals surface area contributed by atoms with Gasteiger partial charge in [-0.1, -0.05) is 38.0 Å². The Morgan fingerprint density at radius 3 is 2.72 bits per heavy atom. The van der Waals surface area contributed by atoms with Crippen LogP contribution in [0.1, 0.15) is 71.1 Å². The molecule has 1 atom stereocenters. The van der Waals surface area contributed by atoms with Gasteiger partial charge in [0, 0.05) is 25.8 Å². The van der Waals surface area contributed by atoms with Crippen LogP contribution in [0.5, 0.6) is 0 Å². The van der Waals surface area contributed by atoms with Gasteiger partial charge in [0.2, 0.25) is 5.91 Å². The Hall–Kier alpha value is -1.91. The zero-order valence-corrected chi connectivity index (χ0v) is 15.3. The molecule has 0 bridgehead atoms. The van der Waals surface area contributed by atoms with Crippen LogP contribution < -0.4 is 0 Å². The lowest BCUT2D eigenvalue weighted by Crippen LogP contribution is -2.42. The molecule has 1 aliphatic rings. The van der Waals surface area contributed by atoms with Crippen LogP contribution in [0.2, 0.25) is 0 Å². The number of hydrogen-bond donors (Lipinski definition) is 1. The minimum absolute atomic E-state index is 0.0138. The molecule has 1 aliphatic heterocycles. The maximum Gasteiger partial charge on any atom is 0.303 e. The Balaban J connectivity index is 2.47. The van der Waals surface area contributed by atoms with Gasteiger partial charge >= 0.3 is 5.97 Å². The summed E-state index contributed by atoms with van der Waals surface area (Å²) in [5, 5.41) is 8.60. The largest absolute Gasteiger partial charge is 0.481 e. The molecule has 0 aliphatic carbocycles. The van der Waals surface area contributed by atoms with Crippen molar-refractivity contribution in [2.75, 3.05) is 6.54 Å². The number of carbonyl (C=O) groups is 3. The molecule has 0 saturated carbocycles. The third kappa shape index (κ3) is 9.22. The number of rotatable bonds is 12. The van der Waals surface area contributed by atoms with Gasteiger partial charge in [-0.2, -0.15) is 0 Å². The van der Waals surface area contributed by atoms with E-state index in [0.29, 0.717) is 32.2 Å². The zero-order chi connectivity index (χ0) is 18.5. The second-order valence-corrected chi connectivity index (χ2v) is 6.55. The average molecular weight is 349 g/mol. The third-order valence-corrected chi connectivity index (χ3v) is 4.37. The number of hydrogen-bond acceptors (Lipinski definition) is 3. The van der Waals surface area contributed by atoms with E-state index in [2.05, 4.69) is 6.92 Å². The quantitative estimate of drug-likeness (QED) is 0.329. The average Bonchev–Trinajstić information content (AvgIpc) is 2.57. The number of piperidine rings is 1. The van der Waals surface area contributed by atoms with Gasteiger partial charge in [-0.3, -0.25) is 14.4 Å². The van der Waals surface area contributed by atoms with Crippen LogP contribution in [-0.2, 0) is 14.4 Å². The van der Waals surface area contributed by atoms with Gasteiger partial charge in [-0.25, -0.2) is 0 Å². The molecule has 5 nitrogen and oxygen atoms in total. The Morgan fingerprint density at radius 2 is 2.00 bits per heavy atom. The Labute approximate surface area is 150 Å². The van der Waals surface area contributed by atoms with Gasteiger partial charge in [-0.05, 0) is 38.2 Å². The maximum absolute atomic E-state index is 12.2. The van der Waals surface area contributed by atoms with Gasteiger partial charge < -0.3 is 10.0 Å². The topological polar surface area (TPSA) is 74.7 Å². The number of likely N-dealkylation sites (tertiary alicyclic amines) is 1. The van der Waals surface area contributed by atoms with Crippen LogP contribution in [-0.4, -0.2) is 40.3 Å². The Kier molecular flexibility index (Phi) is 10.5. The number of nitrogens with zero attached hydrogens (tertiary/aromatic N) is 1. The fraction of sp³-hybridized carbons (Fsp3) is 0.650. The molecule has 1 N–H and O–H groups in total. The van der Waals surface area contributed by atoms with Crippen LogP contribution in [0.25, 0.3) is 0 Å². The van der Waals surface area contributed by atoms with Crippen molar-refractivity contribution in [1.82, 2.24) is 4.90 Å². The molecule has 25 heavy (non-hydrogen) atoms. The summed E-state index contributed by atoms with van der Waals surface area (Å²) >= 11 is 0. The van der Waals surface area contributed by atoms with Crippen molar-refractivity contribution in [3.63, 3.8) is 0 Å². The smallest absolute Gasteiger partial charge is 0.303 e. The predicted octanol–water partition coefficient (Wildman–Crippen LogP) is 3.88. The summed E-state index contributed by atoms with van der Waals surface area (Å²) < 4.78 is 0. The first-order valence-electron chi connectivity index (χ1n) is 9.42. The summed E-state index contributed by atoms with van der Waals surface area (Å²) in [5.41, 5.74) is 0. The first kappa shape index (κ1) is 21.1. The van der Waals surface area contributed by atoms with Crippen molar-refractivity contribution in [1.29, 1.82) is 0 Å². The highest BCUT2D eigenvalue weighted by molar-refractivity contribution is 5.89. The van der Waals surface area contributed by atoms with Crippen LogP contribution in [0.4, 0.5) is 0 Å². The maximum atomic E-state index is 12.2. The van der Waals surface area contributed by atoms with E-state index in [1.54, 1.807) is 6.08 Å². The van der Waals surface area contributed by atoms with Gasteiger partial charge in [-0.15, -0.1) is 0 Å². The highest BCUT2D eigenvalue weighted by atomic mass is 16.4. The molecular formula is C20H31NO4. The summed E-state index contributed by atoms with van der Waals surface area (Å²) in [6, 6.07) is -0.0138. The standard InChI is InChI=1S/C20H31NO4/c1-2-3-6-11-18(22)15-14-17-10-9-12-19(23)21(17)16-8-5-4-7-13-20(24)25/h5,8,14-15,17H,2-4,6-7,9-13,16H2,1H3,(H,24,25)/b8-5-,15-14?. The molecule has 5 heteroatoms. The summed E-state index contributed by atoms with van der Waals surface area (Å²) in [6.07, 6.45) is 14.8. The molecule has 1 heterocycles. The van der Waals surface area contributed by atoms with Crippen molar-refractivity contribution in [3.8, 4) is 0 Å². The minimum atomic E-state index is -0.784. The summed E-state index contributed by atoms with van der Waals surface area (Å²) in [5.74, 6) is -0.529. The van der Waals surface area contributed by atoms with Crippen molar-refractivity contribution in [2.24, 2.45) is 0 Å². The van der Waals surface area contributed by atoms with E-state index in [-0.39, 0.29) is 24.2 Å². The van der Waals surface area contributed by atoms with Gasteiger partial charge in [0.05, 0.1) is 6.04 Å². The van der Waals surface area contributed by atoms with Crippen molar-refractivity contribution in [2.45, 2.75) is 77.2 Å². The van der Waals surface area contributed by atoms with E-state index in [1.165, 1.54) is 0 Å². The van der Waals surface area contributed by atoms with E-state index >= 15 is 0 Å². The highest BCUT2D eigenvalue weighted by Crippen LogP contribution is 2.19. The first-order chi connectivity index (χ1) is 12.0. The molecular weight excluding hydrogens is 318 g/mol. The van der Waals surface area contributed by atoms with Crippen molar-refractivity contribution in [3.05, 3.63) is 24.3 Å². The number of aliphatic carboxylic acids is 1. The van der Waals surface area contributed by atoms with Gasteiger partial charge in [0.25, 0.3) is 0 Å². The molecule has 1 rings (SSSR count). The van der Waals surface area contributed by atoms with E-state index in [4.69, 9.17) is 5.11 Å². The zero-order valence-electron chi connectivity index (χ0n) is 15.3. The summed E-state index contributed by atoms with van der Waals surface area (Å²) in [6.45, 7) is 2.63. The molecule has 1 unspecified atom stereocenters. The highest BCUT2D eigenvalue weighted by Gasteiger charge is 2.25. The van der Waals surface area contributed by atoms with Crippen LogP contribution in [0.3, 0.4) is 0 Å². The van der Waals surface area contributed by atoms with Crippen molar-refractivity contribution < 1.29 is 19.5 Å². The number of amides is 1. The second-order valence-electron chi connectivity index (χ2n) is 6.55. The van der Waals surface area contributed by atoms with Crippen LogP contribution >= 0.6 is 0 Å². The number of carboxylic acid groups (broad SMARTS) is 1. The summed E-state index contributed by atoms with van der Waals surface area (Å²) in [4.78, 5) is 36.3. The van der Waals surface area contributed by atoms with Crippen LogP contribution in [0, 0.1) is 0 Å². The second kappa shape index (κ2) is 12.5. The normalized spacial score (nSPS) is 18.4. The number of carbonyl (C=O) groups excluding carboxylic acids is 2. The monoisotopic (exact) mass is 349 g/mol. The fourth-order valence-electron chi connectivity index (χ4n) is 2.91. The number of ketones is 1. The summed E-state index contributed by atoms with van der Waals surface area (Å²) in [7, 11) is 0. The molecule has 0 radical (unpaired) electrons. The lowest BCUT2D eigenvalue weighted by atomic mass is 10.00. The number of carboxylic acids is 1. The minimum Gasteiger partial charge on any atom is -0.481 e. The first-order valence-corrected chi connectivity index (χ1v) is 9.42. The Bertz CT molecular complexity index is 496. The van der Waals surface area contributed by atoms with E-state index < -0.39 is 5.97 Å². The third-order valence-electron chi connectivity index (χ3n) is 4.37. The molecule has 0 spiro atoms.